The predicted molar refractivity (Wildman–Crippen MR) is 56.8 cm³/mol. The minimum atomic E-state index is -0.928. The number of benzene rings is 1. The predicted octanol–water partition coefficient (Wildman–Crippen LogP) is 2.53. The van der Waals surface area contributed by atoms with Crippen LogP contribution in [-0.4, -0.2) is 13.2 Å². The van der Waals surface area contributed by atoms with Crippen LogP contribution in [0.5, 0.6) is 0 Å². The topological polar surface area (TPSA) is 35.2 Å². The third-order valence-electron chi connectivity index (χ3n) is 3.15. The number of halogens is 3. The highest BCUT2D eigenvalue weighted by Gasteiger charge is 2.27. The monoisotopic (exact) mass is 245 g/mol. The second-order valence-electron chi connectivity index (χ2n) is 4.26. The summed E-state index contributed by atoms with van der Waals surface area (Å²) in [5.74, 6) is -2.79. The van der Waals surface area contributed by atoms with Gasteiger partial charge in [-0.05, 0) is 18.8 Å². The lowest BCUT2D eigenvalue weighted by Crippen LogP contribution is -2.29. The second-order valence-corrected chi connectivity index (χ2v) is 4.26. The van der Waals surface area contributed by atoms with Gasteiger partial charge >= 0.3 is 0 Å². The maximum atomic E-state index is 13.5. The van der Waals surface area contributed by atoms with Crippen molar-refractivity contribution in [2.75, 3.05) is 13.2 Å². The standard InChI is InChI=1S/C12H14F3NO/c13-8-5-9(14)11(10(15)6-8)12(16)7-1-3-17-4-2-7/h5-7,12H,1-4,16H2. The van der Waals surface area contributed by atoms with Crippen LogP contribution < -0.4 is 5.73 Å². The van der Waals surface area contributed by atoms with Gasteiger partial charge in [-0.3, -0.25) is 0 Å². The van der Waals surface area contributed by atoms with Crippen molar-refractivity contribution in [3.63, 3.8) is 0 Å². The van der Waals surface area contributed by atoms with Crippen molar-refractivity contribution in [1.82, 2.24) is 0 Å². The lowest BCUT2D eigenvalue weighted by Gasteiger charge is -2.28. The molecule has 2 N–H and O–H groups in total. The van der Waals surface area contributed by atoms with E-state index >= 15 is 0 Å². The average Bonchev–Trinajstić information content (AvgIpc) is 2.28. The summed E-state index contributed by atoms with van der Waals surface area (Å²) < 4.78 is 45.0. The molecule has 1 heterocycles. The van der Waals surface area contributed by atoms with Crippen LogP contribution in [0.4, 0.5) is 13.2 Å². The third-order valence-corrected chi connectivity index (χ3v) is 3.15. The maximum absolute atomic E-state index is 13.5. The number of ether oxygens (including phenoxy) is 1. The highest BCUT2D eigenvalue weighted by Crippen LogP contribution is 2.31. The first kappa shape index (κ1) is 12.4. The molecule has 1 fully saturated rings. The van der Waals surface area contributed by atoms with Gasteiger partial charge in [-0.1, -0.05) is 0 Å². The Morgan fingerprint density at radius 3 is 2.18 bits per heavy atom. The van der Waals surface area contributed by atoms with Gasteiger partial charge < -0.3 is 10.5 Å². The fourth-order valence-electron chi connectivity index (χ4n) is 2.18. The third kappa shape index (κ3) is 2.61. The summed E-state index contributed by atoms with van der Waals surface area (Å²) >= 11 is 0. The van der Waals surface area contributed by atoms with Crippen LogP contribution >= 0.6 is 0 Å². The molecule has 94 valence electrons. The van der Waals surface area contributed by atoms with Gasteiger partial charge in [-0.2, -0.15) is 0 Å². The molecule has 5 heteroatoms. The normalized spacial score (nSPS) is 19.3. The molecule has 1 aliphatic rings. The van der Waals surface area contributed by atoms with E-state index in [2.05, 4.69) is 0 Å². The zero-order valence-electron chi connectivity index (χ0n) is 9.26. The second kappa shape index (κ2) is 5.06. The summed E-state index contributed by atoms with van der Waals surface area (Å²) in [6.07, 6.45) is 1.33. The summed E-state index contributed by atoms with van der Waals surface area (Å²) in [4.78, 5) is 0. The zero-order valence-corrected chi connectivity index (χ0v) is 9.26. The van der Waals surface area contributed by atoms with Crippen molar-refractivity contribution in [2.24, 2.45) is 11.7 Å². The molecular weight excluding hydrogens is 231 g/mol. The van der Waals surface area contributed by atoms with Gasteiger partial charge in [-0.25, -0.2) is 13.2 Å². The van der Waals surface area contributed by atoms with Gasteiger partial charge in [0.15, 0.2) is 0 Å². The molecule has 0 spiro atoms. The SMILES string of the molecule is NC(c1c(F)cc(F)cc1F)C1CCOCC1. The minimum absolute atomic E-state index is 0.0294. The quantitative estimate of drug-likeness (QED) is 0.869. The molecule has 2 nitrogen and oxygen atoms in total. The van der Waals surface area contributed by atoms with Crippen molar-refractivity contribution >= 4 is 0 Å². The average molecular weight is 245 g/mol. The van der Waals surface area contributed by atoms with Gasteiger partial charge in [-0.15, -0.1) is 0 Å². The summed E-state index contributed by atoms with van der Waals surface area (Å²) in [5, 5.41) is 0. The largest absolute Gasteiger partial charge is 0.381 e. The molecule has 1 saturated heterocycles. The number of nitrogens with two attached hydrogens (primary N) is 1. The minimum Gasteiger partial charge on any atom is -0.381 e. The Morgan fingerprint density at radius 1 is 1.12 bits per heavy atom. The Bertz CT molecular complexity index is 382. The van der Waals surface area contributed by atoms with E-state index in [1.807, 2.05) is 0 Å². The Labute approximate surface area is 97.6 Å². The van der Waals surface area contributed by atoms with Crippen molar-refractivity contribution in [1.29, 1.82) is 0 Å². The van der Waals surface area contributed by atoms with Crippen molar-refractivity contribution in [3.05, 3.63) is 35.1 Å². The van der Waals surface area contributed by atoms with E-state index in [-0.39, 0.29) is 11.5 Å². The highest BCUT2D eigenvalue weighted by molar-refractivity contribution is 5.24. The molecule has 0 aromatic heterocycles. The van der Waals surface area contributed by atoms with Crippen LogP contribution in [0.25, 0.3) is 0 Å². The van der Waals surface area contributed by atoms with Crippen LogP contribution in [0.1, 0.15) is 24.4 Å². The number of rotatable bonds is 2. The van der Waals surface area contributed by atoms with E-state index in [9.17, 15) is 13.2 Å². The van der Waals surface area contributed by atoms with Gasteiger partial charge in [0.2, 0.25) is 0 Å². The lowest BCUT2D eigenvalue weighted by molar-refractivity contribution is 0.0575. The molecule has 0 radical (unpaired) electrons. The van der Waals surface area contributed by atoms with Crippen LogP contribution in [0.15, 0.2) is 12.1 Å². The molecule has 1 aromatic rings. The molecular formula is C12H14F3NO. The Hall–Kier alpha value is -1.07. The smallest absolute Gasteiger partial charge is 0.133 e. The fourth-order valence-corrected chi connectivity index (χ4v) is 2.18. The molecule has 17 heavy (non-hydrogen) atoms. The first-order valence-electron chi connectivity index (χ1n) is 5.57. The van der Waals surface area contributed by atoms with Gasteiger partial charge in [0, 0.05) is 37.0 Å². The molecule has 0 bridgehead atoms. The van der Waals surface area contributed by atoms with Crippen molar-refractivity contribution < 1.29 is 17.9 Å². The highest BCUT2D eigenvalue weighted by atomic mass is 19.1. The molecule has 2 rings (SSSR count). The molecule has 1 aromatic carbocycles. The van der Waals surface area contributed by atoms with E-state index < -0.39 is 23.5 Å². The number of hydrogen-bond acceptors (Lipinski definition) is 2. The van der Waals surface area contributed by atoms with E-state index in [1.165, 1.54) is 0 Å². The summed E-state index contributed by atoms with van der Waals surface area (Å²) in [5.41, 5.74) is 5.64. The summed E-state index contributed by atoms with van der Waals surface area (Å²) in [6, 6.07) is 0.578. The zero-order chi connectivity index (χ0) is 12.4. The summed E-state index contributed by atoms with van der Waals surface area (Å²) in [6.45, 7) is 1.09. The van der Waals surface area contributed by atoms with Crippen LogP contribution in [0.3, 0.4) is 0 Å². The van der Waals surface area contributed by atoms with E-state index in [4.69, 9.17) is 10.5 Å². The van der Waals surface area contributed by atoms with E-state index in [0.717, 1.165) is 0 Å². The van der Waals surface area contributed by atoms with Gasteiger partial charge in [0.1, 0.15) is 17.5 Å². The van der Waals surface area contributed by atoms with Crippen molar-refractivity contribution in [2.45, 2.75) is 18.9 Å². The van der Waals surface area contributed by atoms with Crippen LogP contribution in [0.2, 0.25) is 0 Å². The molecule has 1 unspecified atom stereocenters. The van der Waals surface area contributed by atoms with E-state index in [1.54, 1.807) is 0 Å². The number of hydrogen-bond donors (Lipinski definition) is 1. The van der Waals surface area contributed by atoms with Crippen molar-refractivity contribution in [3.8, 4) is 0 Å². The van der Waals surface area contributed by atoms with Crippen LogP contribution in [0, 0.1) is 23.4 Å². The molecule has 1 aliphatic heterocycles. The first-order chi connectivity index (χ1) is 8.09. The Kier molecular flexibility index (Phi) is 3.69. The first-order valence-corrected chi connectivity index (χ1v) is 5.57. The molecule has 0 aliphatic carbocycles. The maximum Gasteiger partial charge on any atom is 0.133 e. The molecule has 0 saturated carbocycles. The summed E-state index contributed by atoms with van der Waals surface area (Å²) in [7, 11) is 0. The Morgan fingerprint density at radius 2 is 1.65 bits per heavy atom. The van der Waals surface area contributed by atoms with E-state index in [0.29, 0.717) is 38.2 Å². The fraction of sp³-hybridized carbons (Fsp3) is 0.500. The Balaban J connectivity index is 2.26. The lowest BCUT2D eigenvalue weighted by atomic mass is 9.87. The van der Waals surface area contributed by atoms with Gasteiger partial charge in [0.05, 0.1) is 0 Å². The molecule has 1 atom stereocenters. The van der Waals surface area contributed by atoms with Crippen LogP contribution in [-0.2, 0) is 4.74 Å². The molecule has 0 amide bonds. The van der Waals surface area contributed by atoms with Gasteiger partial charge in [0.25, 0.3) is 0 Å².